The number of carbonyl (C=O) groups excluding carboxylic acids is 4. The van der Waals surface area contributed by atoms with Gasteiger partial charge in [0.1, 0.15) is 5.58 Å². The summed E-state index contributed by atoms with van der Waals surface area (Å²) < 4.78 is 14.3. The van der Waals surface area contributed by atoms with Gasteiger partial charge in [0.05, 0.1) is 21.9 Å². The van der Waals surface area contributed by atoms with E-state index in [0.29, 0.717) is 65.0 Å². The molecule has 1 saturated heterocycles. The smallest absolute Gasteiger partial charge is 0.308 e. The molecule has 9 nitrogen and oxygen atoms in total. The summed E-state index contributed by atoms with van der Waals surface area (Å²) in [6, 6.07) is 18.3. The van der Waals surface area contributed by atoms with Crippen molar-refractivity contribution >= 4 is 92.2 Å². The quantitative estimate of drug-likeness (QED) is 0.0327. The van der Waals surface area contributed by atoms with Gasteiger partial charge < -0.3 is 24.1 Å². The molecule has 1 N–H and O–H groups in total. The summed E-state index contributed by atoms with van der Waals surface area (Å²) in [5.41, 5.74) is 4.74. The fourth-order valence-electron chi connectivity index (χ4n) is 5.88. The molecule has 0 bridgehead atoms. The van der Waals surface area contributed by atoms with Crippen LogP contribution >= 0.6 is 56.6 Å². The SMILES string of the molecule is CN[C@H](C)Cc1cccc(SC)c1.O=COCOC(=O)CCCCC1CCSS1.O=Cc1c(Cl)cc2c(c1Cl)CCN(C(=O)c1ccc3ccoc3c1)C2. The van der Waals surface area contributed by atoms with E-state index >= 15 is 0 Å². The van der Waals surface area contributed by atoms with Crippen molar-refractivity contribution in [1.29, 1.82) is 0 Å². The maximum Gasteiger partial charge on any atom is 0.308 e. The summed E-state index contributed by atoms with van der Waals surface area (Å²) in [6.45, 7) is 3.14. The lowest BCUT2D eigenvalue weighted by molar-refractivity contribution is -0.160. The van der Waals surface area contributed by atoms with Crippen LogP contribution in [0, 0.1) is 0 Å². The van der Waals surface area contributed by atoms with Crippen LogP contribution < -0.4 is 5.32 Å². The zero-order valence-electron chi connectivity index (χ0n) is 30.6. The van der Waals surface area contributed by atoms with Gasteiger partial charge in [0, 0.05) is 52.4 Å². The second-order valence-corrected chi connectivity index (χ2v) is 17.2. The van der Waals surface area contributed by atoms with Crippen LogP contribution in [0.5, 0.6) is 0 Å². The van der Waals surface area contributed by atoms with Gasteiger partial charge in [-0.25, -0.2) is 0 Å². The van der Waals surface area contributed by atoms with Crippen LogP contribution in [0.15, 0.2) is 70.2 Å². The van der Waals surface area contributed by atoms with Gasteiger partial charge in [-0.3, -0.25) is 19.2 Å². The number of rotatable bonds is 14. The molecule has 2 aliphatic rings. The number of aldehydes is 1. The second-order valence-electron chi connectivity index (χ2n) is 12.7. The van der Waals surface area contributed by atoms with Crippen LogP contribution in [0.1, 0.15) is 76.4 Å². The molecule has 6 rings (SSSR count). The number of fused-ring (bicyclic) bond motifs is 2. The lowest BCUT2D eigenvalue weighted by atomic mass is 9.96. The van der Waals surface area contributed by atoms with Crippen molar-refractivity contribution in [3.05, 3.63) is 98.7 Å². The number of unbranched alkanes of at least 4 members (excludes halogenated alkanes) is 1. The first-order valence-corrected chi connectivity index (χ1v) is 22.0. The maximum absolute atomic E-state index is 12.8. The lowest BCUT2D eigenvalue weighted by Crippen LogP contribution is -2.36. The number of hydrogen-bond donors (Lipinski definition) is 1. The van der Waals surface area contributed by atoms with Gasteiger partial charge in [-0.1, -0.05) is 69.4 Å². The van der Waals surface area contributed by atoms with Gasteiger partial charge in [-0.05, 0) is 105 Å². The number of halogens is 2. The standard InChI is InChI=1S/C19H13Cl2NO3.C11H17NS.C10H16O4S2/c20-16-7-13-9-22(5-3-14(13)18(21)15(16)10-23)19(24)12-2-1-11-4-6-25-17(11)8-12;1-9(12-2)7-10-5-4-6-11(8-10)13-3;11-7-13-8-14-10(12)4-2-1-3-9-5-6-15-16-9/h1-2,4,6-8,10H,3,5,9H2;4-6,8-9,12H,7H2,1-3H3;7,9H,1-6,8H2/t;9-;/m.1./s1. The van der Waals surface area contributed by atoms with Gasteiger partial charge in [0.2, 0.25) is 6.79 Å². The number of hydrogen-bond acceptors (Lipinski definition) is 11. The van der Waals surface area contributed by atoms with E-state index in [1.165, 1.54) is 29.1 Å². The molecular formula is C40H46Cl2N2O7S3. The molecule has 290 valence electrons. The van der Waals surface area contributed by atoms with Crippen molar-refractivity contribution in [3.63, 3.8) is 0 Å². The van der Waals surface area contributed by atoms with Gasteiger partial charge in [0.25, 0.3) is 12.4 Å². The number of carbonyl (C=O) groups is 4. The number of thioether (sulfide) groups is 1. The van der Waals surface area contributed by atoms with E-state index in [9.17, 15) is 19.2 Å². The summed E-state index contributed by atoms with van der Waals surface area (Å²) in [5.74, 6) is 0.881. The molecule has 3 aromatic carbocycles. The van der Waals surface area contributed by atoms with Crippen molar-refractivity contribution < 1.29 is 33.1 Å². The molecule has 3 heterocycles. The predicted octanol–water partition coefficient (Wildman–Crippen LogP) is 9.68. The van der Waals surface area contributed by atoms with Crippen LogP contribution in [0.3, 0.4) is 0 Å². The Balaban J connectivity index is 0.000000194. The topological polar surface area (TPSA) is 115 Å². The summed E-state index contributed by atoms with van der Waals surface area (Å²) in [5, 5.41) is 5.67. The van der Waals surface area contributed by atoms with Gasteiger partial charge in [-0.15, -0.1) is 11.8 Å². The zero-order chi connectivity index (χ0) is 38.9. The third-order valence-corrected chi connectivity index (χ3v) is 13.4. The van der Waals surface area contributed by atoms with E-state index in [4.69, 9.17) is 27.6 Å². The van der Waals surface area contributed by atoms with Crippen molar-refractivity contribution in [3.8, 4) is 0 Å². The summed E-state index contributed by atoms with van der Waals surface area (Å²) >= 11 is 14.2. The van der Waals surface area contributed by atoms with Gasteiger partial charge in [0.15, 0.2) is 6.29 Å². The number of nitrogens with one attached hydrogen (secondary N) is 1. The van der Waals surface area contributed by atoms with E-state index in [1.807, 2.05) is 40.8 Å². The highest BCUT2D eigenvalue weighted by Gasteiger charge is 2.26. The molecule has 0 aliphatic carbocycles. The van der Waals surface area contributed by atoms with Crippen molar-refractivity contribution in [2.75, 3.05) is 32.4 Å². The minimum Gasteiger partial charge on any atom is -0.464 e. The molecular weight excluding hydrogens is 788 g/mol. The van der Waals surface area contributed by atoms with Crippen molar-refractivity contribution in [2.45, 2.75) is 74.6 Å². The Morgan fingerprint density at radius 2 is 1.96 bits per heavy atom. The fraction of sp³-hybridized carbons (Fsp3) is 0.400. The number of likely N-dealkylation sites (N-methyl/N-ethyl adjacent to an activating group) is 1. The monoisotopic (exact) mass is 832 g/mol. The Bertz CT molecular complexity index is 1850. The van der Waals surface area contributed by atoms with E-state index in [2.05, 4.69) is 52.2 Å². The van der Waals surface area contributed by atoms with Crippen LogP contribution in [0.25, 0.3) is 11.0 Å². The van der Waals surface area contributed by atoms with E-state index in [1.54, 1.807) is 41.1 Å². The van der Waals surface area contributed by atoms with Crippen molar-refractivity contribution in [2.24, 2.45) is 0 Å². The number of nitrogens with zero attached hydrogens (tertiary/aromatic N) is 1. The molecule has 54 heavy (non-hydrogen) atoms. The van der Waals surface area contributed by atoms with Crippen LogP contribution in [-0.2, 0) is 38.4 Å². The first-order valence-electron chi connectivity index (χ1n) is 17.7. The maximum atomic E-state index is 12.8. The average molecular weight is 834 g/mol. The number of amides is 1. The minimum absolute atomic E-state index is 0.0735. The molecule has 0 spiro atoms. The van der Waals surface area contributed by atoms with Crippen LogP contribution in [0.4, 0.5) is 0 Å². The first-order chi connectivity index (χ1) is 26.2. The second kappa shape index (κ2) is 23.1. The summed E-state index contributed by atoms with van der Waals surface area (Å²) in [7, 11) is 5.90. The lowest BCUT2D eigenvalue weighted by Gasteiger charge is -2.30. The third-order valence-electron chi connectivity index (χ3n) is 8.96. The predicted molar refractivity (Wildman–Crippen MR) is 222 cm³/mol. The third kappa shape index (κ3) is 13.3. The number of esters is 1. The fourth-order valence-corrected chi connectivity index (χ4v) is 10.1. The first kappa shape index (κ1) is 43.6. The Hall–Kier alpha value is -3.13. The van der Waals surface area contributed by atoms with Crippen molar-refractivity contribution in [1.82, 2.24) is 10.2 Å². The molecule has 1 amide bonds. The van der Waals surface area contributed by atoms with E-state index in [-0.39, 0.29) is 25.1 Å². The Kier molecular flexibility index (Phi) is 18.6. The molecule has 1 fully saturated rings. The number of ether oxygens (including phenoxy) is 2. The van der Waals surface area contributed by atoms with Crippen LogP contribution in [0.2, 0.25) is 10.0 Å². The Morgan fingerprint density at radius 1 is 1.13 bits per heavy atom. The molecule has 14 heteroatoms. The zero-order valence-corrected chi connectivity index (χ0v) is 34.6. The highest BCUT2D eigenvalue weighted by atomic mass is 35.5. The van der Waals surface area contributed by atoms with E-state index < -0.39 is 0 Å². The highest BCUT2D eigenvalue weighted by molar-refractivity contribution is 8.77. The molecule has 2 aliphatic heterocycles. The molecule has 1 aromatic heterocycles. The molecule has 0 radical (unpaired) electrons. The molecule has 1 unspecified atom stereocenters. The summed E-state index contributed by atoms with van der Waals surface area (Å²) in [6.07, 6.45) is 10.8. The molecule has 2 atom stereocenters. The Morgan fingerprint density at radius 3 is 2.69 bits per heavy atom. The largest absolute Gasteiger partial charge is 0.464 e. The van der Waals surface area contributed by atoms with Gasteiger partial charge >= 0.3 is 5.97 Å². The van der Waals surface area contributed by atoms with Crippen LogP contribution in [-0.4, -0.2) is 73.2 Å². The summed E-state index contributed by atoms with van der Waals surface area (Å²) in [4.78, 5) is 47.9. The minimum atomic E-state index is -0.296. The molecule has 0 saturated carbocycles. The average Bonchev–Trinajstić information content (AvgIpc) is 3.89. The normalized spacial score (nSPS) is 15.2. The highest BCUT2D eigenvalue weighted by Crippen LogP contribution is 2.40. The Labute approximate surface area is 339 Å². The number of benzene rings is 3. The number of furan rings is 1. The molecule has 4 aromatic rings. The van der Waals surface area contributed by atoms with Gasteiger partial charge in [-0.2, -0.15) is 0 Å². The van der Waals surface area contributed by atoms with E-state index in [0.717, 1.165) is 41.0 Å².